The van der Waals surface area contributed by atoms with Crippen LogP contribution in [0.25, 0.3) is 0 Å². The molecule has 6 heteroatoms. The molecule has 0 aliphatic heterocycles. The second kappa shape index (κ2) is 4.75. The number of benzene rings is 1. The molecule has 0 bridgehead atoms. The molecule has 0 aliphatic carbocycles. The van der Waals surface area contributed by atoms with Gasteiger partial charge in [-0.1, -0.05) is 6.07 Å². The summed E-state index contributed by atoms with van der Waals surface area (Å²) >= 11 is 1.09. The number of hydrogen-bond acceptors (Lipinski definition) is 4. The van der Waals surface area contributed by atoms with Crippen LogP contribution in [0.4, 0.5) is 5.69 Å². The van der Waals surface area contributed by atoms with Gasteiger partial charge in [0.05, 0.1) is 4.92 Å². The fourth-order valence-electron chi connectivity index (χ4n) is 1.19. The van der Waals surface area contributed by atoms with E-state index in [9.17, 15) is 14.9 Å². The summed E-state index contributed by atoms with van der Waals surface area (Å²) in [5, 5.41) is 19.7. The minimum atomic E-state index is -1.01. The van der Waals surface area contributed by atoms with E-state index in [2.05, 4.69) is 0 Å². The van der Waals surface area contributed by atoms with Gasteiger partial charge in [-0.05, 0) is 26.8 Å². The van der Waals surface area contributed by atoms with Crippen molar-refractivity contribution in [3.8, 4) is 0 Å². The monoisotopic (exact) mass is 255 g/mol. The van der Waals surface area contributed by atoms with Crippen LogP contribution in [0.15, 0.2) is 23.1 Å². The van der Waals surface area contributed by atoms with Gasteiger partial charge < -0.3 is 5.11 Å². The first-order valence-electron chi connectivity index (χ1n) is 4.91. The SMILES string of the molecule is Cc1ccc(SC(C)(C)C(=O)O)cc1[N+](=O)[O-]. The van der Waals surface area contributed by atoms with Crippen molar-refractivity contribution >= 4 is 23.4 Å². The molecular formula is C11H13NO4S. The fraction of sp³-hybridized carbons (Fsp3) is 0.364. The van der Waals surface area contributed by atoms with E-state index in [-0.39, 0.29) is 5.69 Å². The Labute approximate surface area is 103 Å². The second-order valence-corrected chi connectivity index (χ2v) is 5.82. The van der Waals surface area contributed by atoms with E-state index < -0.39 is 15.6 Å². The molecule has 0 spiro atoms. The summed E-state index contributed by atoms with van der Waals surface area (Å²) in [5.41, 5.74) is 0.573. The molecule has 0 heterocycles. The number of nitro benzene ring substituents is 1. The summed E-state index contributed by atoms with van der Waals surface area (Å²) in [4.78, 5) is 21.8. The molecule has 1 aromatic rings. The molecule has 0 aromatic heterocycles. The van der Waals surface area contributed by atoms with Crippen LogP contribution in [0.5, 0.6) is 0 Å². The van der Waals surface area contributed by atoms with Crippen molar-refractivity contribution in [1.82, 2.24) is 0 Å². The molecule has 0 aliphatic rings. The lowest BCUT2D eigenvalue weighted by Gasteiger charge is -2.18. The highest BCUT2D eigenvalue weighted by molar-refractivity contribution is 8.01. The molecule has 0 unspecified atom stereocenters. The maximum atomic E-state index is 11.0. The Morgan fingerprint density at radius 2 is 2.06 bits per heavy atom. The van der Waals surface area contributed by atoms with E-state index in [0.29, 0.717) is 10.5 Å². The quantitative estimate of drug-likeness (QED) is 0.508. The van der Waals surface area contributed by atoms with E-state index in [1.165, 1.54) is 6.07 Å². The molecule has 0 saturated heterocycles. The van der Waals surface area contributed by atoms with Crippen molar-refractivity contribution < 1.29 is 14.8 Å². The van der Waals surface area contributed by atoms with Crippen LogP contribution in [0.2, 0.25) is 0 Å². The average Bonchev–Trinajstić information content (AvgIpc) is 2.20. The summed E-state index contributed by atoms with van der Waals surface area (Å²) in [6.07, 6.45) is 0. The Kier molecular flexibility index (Phi) is 3.77. The molecule has 5 nitrogen and oxygen atoms in total. The second-order valence-electron chi connectivity index (χ2n) is 4.12. The van der Waals surface area contributed by atoms with Crippen molar-refractivity contribution in [2.24, 2.45) is 0 Å². The highest BCUT2D eigenvalue weighted by Crippen LogP contribution is 2.35. The van der Waals surface area contributed by atoms with Crippen molar-refractivity contribution in [1.29, 1.82) is 0 Å². The van der Waals surface area contributed by atoms with E-state index in [1.54, 1.807) is 32.9 Å². The van der Waals surface area contributed by atoms with Gasteiger partial charge in [0.2, 0.25) is 0 Å². The van der Waals surface area contributed by atoms with E-state index >= 15 is 0 Å². The van der Waals surface area contributed by atoms with Crippen LogP contribution in [-0.2, 0) is 4.79 Å². The van der Waals surface area contributed by atoms with Gasteiger partial charge in [-0.2, -0.15) is 0 Å². The lowest BCUT2D eigenvalue weighted by Crippen LogP contribution is -2.26. The van der Waals surface area contributed by atoms with Crippen LogP contribution >= 0.6 is 11.8 Å². The zero-order valence-electron chi connectivity index (χ0n) is 9.76. The number of aliphatic carboxylic acids is 1. The van der Waals surface area contributed by atoms with Crippen molar-refractivity contribution in [2.75, 3.05) is 0 Å². The van der Waals surface area contributed by atoms with Gasteiger partial charge in [0.1, 0.15) is 4.75 Å². The lowest BCUT2D eigenvalue weighted by molar-refractivity contribution is -0.385. The zero-order chi connectivity index (χ0) is 13.2. The number of nitro groups is 1. The van der Waals surface area contributed by atoms with Crippen LogP contribution in [0.3, 0.4) is 0 Å². The third kappa shape index (κ3) is 3.20. The molecule has 92 valence electrons. The molecule has 0 fully saturated rings. The van der Waals surface area contributed by atoms with Gasteiger partial charge in [-0.25, -0.2) is 0 Å². The standard InChI is InChI=1S/C11H13NO4S/c1-7-4-5-8(6-9(7)12(15)16)17-11(2,3)10(13)14/h4-6H,1-3H3,(H,13,14). The molecule has 1 aromatic carbocycles. The third-order valence-corrected chi connectivity index (χ3v) is 3.44. The molecule has 0 saturated carbocycles. The Hall–Kier alpha value is -1.56. The highest BCUT2D eigenvalue weighted by atomic mass is 32.2. The first-order chi connectivity index (χ1) is 7.74. The highest BCUT2D eigenvalue weighted by Gasteiger charge is 2.29. The normalized spacial score (nSPS) is 11.2. The smallest absolute Gasteiger partial charge is 0.319 e. The third-order valence-electron chi connectivity index (χ3n) is 2.27. The fourth-order valence-corrected chi connectivity index (χ4v) is 2.17. The van der Waals surface area contributed by atoms with Gasteiger partial charge in [0.15, 0.2) is 0 Å². The molecule has 1 N–H and O–H groups in total. The Morgan fingerprint density at radius 1 is 1.47 bits per heavy atom. The predicted octanol–water partition coefficient (Wildman–Crippen LogP) is 2.86. The number of rotatable bonds is 4. The van der Waals surface area contributed by atoms with Gasteiger partial charge in [0, 0.05) is 16.5 Å². The zero-order valence-corrected chi connectivity index (χ0v) is 10.6. The maximum absolute atomic E-state index is 11.0. The summed E-state index contributed by atoms with van der Waals surface area (Å²) in [7, 11) is 0. The van der Waals surface area contributed by atoms with Crippen LogP contribution in [0, 0.1) is 17.0 Å². The first-order valence-corrected chi connectivity index (χ1v) is 5.73. The molecule has 17 heavy (non-hydrogen) atoms. The molecule has 0 atom stereocenters. The molecule has 1 rings (SSSR count). The number of aryl methyl sites for hydroxylation is 1. The average molecular weight is 255 g/mol. The van der Waals surface area contributed by atoms with Crippen LogP contribution in [0.1, 0.15) is 19.4 Å². The number of nitrogens with zero attached hydrogens (tertiary/aromatic N) is 1. The number of carbonyl (C=O) groups is 1. The van der Waals surface area contributed by atoms with Crippen molar-refractivity contribution in [2.45, 2.75) is 30.4 Å². The number of carboxylic acid groups (broad SMARTS) is 1. The number of hydrogen-bond donors (Lipinski definition) is 1. The van der Waals surface area contributed by atoms with Gasteiger partial charge in [-0.15, -0.1) is 11.8 Å². The van der Waals surface area contributed by atoms with Gasteiger partial charge >= 0.3 is 5.97 Å². The molecule has 0 amide bonds. The van der Waals surface area contributed by atoms with E-state index in [0.717, 1.165) is 11.8 Å². The minimum Gasteiger partial charge on any atom is -0.480 e. The summed E-state index contributed by atoms with van der Waals surface area (Å²) in [6, 6.07) is 4.72. The molecule has 0 radical (unpaired) electrons. The predicted molar refractivity (Wildman–Crippen MR) is 65.4 cm³/mol. The maximum Gasteiger partial charge on any atom is 0.319 e. The Morgan fingerprint density at radius 3 is 2.53 bits per heavy atom. The Bertz CT molecular complexity index is 471. The topological polar surface area (TPSA) is 80.4 Å². The lowest BCUT2D eigenvalue weighted by atomic mass is 10.2. The van der Waals surface area contributed by atoms with E-state index in [1.807, 2.05) is 0 Å². The summed E-state index contributed by atoms with van der Waals surface area (Å²) in [6.45, 7) is 4.77. The first kappa shape index (κ1) is 13.5. The number of thioether (sulfide) groups is 1. The van der Waals surface area contributed by atoms with Crippen LogP contribution < -0.4 is 0 Å². The van der Waals surface area contributed by atoms with Gasteiger partial charge in [0.25, 0.3) is 5.69 Å². The summed E-state index contributed by atoms with van der Waals surface area (Å²) in [5.74, 6) is -0.953. The van der Waals surface area contributed by atoms with Crippen LogP contribution in [-0.4, -0.2) is 20.7 Å². The van der Waals surface area contributed by atoms with Crippen molar-refractivity contribution in [3.63, 3.8) is 0 Å². The largest absolute Gasteiger partial charge is 0.480 e. The molecular weight excluding hydrogens is 242 g/mol. The Balaban J connectivity index is 3.05. The van der Waals surface area contributed by atoms with Gasteiger partial charge in [-0.3, -0.25) is 14.9 Å². The number of carboxylic acids is 1. The summed E-state index contributed by atoms with van der Waals surface area (Å²) < 4.78 is -1.01. The minimum absolute atomic E-state index is 0.0104. The van der Waals surface area contributed by atoms with E-state index in [4.69, 9.17) is 5.11 Å². The van der Waals surface area contributed by atoms with Crippen molar-refractivity contribution in [3.05, 3.63) is 33.9 Å².